The molecule has 4 nitrogen and oxygen atoms in total. The molecular formula is C55H33N3OS. The van der Waals surface area contributed by atoms with Crippen molar-refractivity contribution in [3.8, 4) is 67.5 Å². The highest BCUT2D eigenvalue weighted by Crippen LogP contribution is 2.45. The molecule has 12 rings (SSSR count). The summed E-state index contributed by atoms with van der Waals surface area (Å²) >= 11 is 1.58. The molecule has 0 saturated heterocycles. The van der Waals surface area contributed by atoms with E-state index in [1.807, 2.05) is 91.0 Å². The van der Waals surface area contributed by atoms with Crippen molar-refractivity contribution in [2.24, 2.45) is 0 Å². The van der Waals surface area contributed by atoms with E-state index in [0.29, 0.717) is 23.0 Å². The third-order valence-electron chi connectivity index (χ3n) is 11.2. The first-order valence-corrected chi connectivity index (χ1v) is 20.5. The van der Waals surface area contributed by atoms with Gasteiger partial charge in [0.25, 0.3) is 0 Å². The minimum absolute atomic E-state index is 0.205. The molecule has 3 heterocycles. The Morgan fingerprint density at radius 1 is 0.367 bits per heavy atom. The molecule has 0 atom stereocenters. The fourth-order valence-corrected chi connectivity index (χ4v) is 9.73. The summed E-state index contributed by atoms with van der Waals surface area (Å²) in [6.07, 6.45) is 0. The Balaban J connectivity index is 1.01. The molecule has 60 heavy (non-hydrogen) atoms. The minimum atomic E-state index is -0.403. The van der Waals surface area contributed by atoms with Gasteiger partial charge in [0, 0.05) is 47.6 Å². The predicted octanol–water partition coefficient (Wildman–Crippen LogP) is 15.3. The number of benzene rings is 9. The molecule has 0 saturated carbocycles. The van der Waals surface area contributed by atoms with Gasteiger partial charge in [0.1, 0.15) is 11.2 Å². The Kier molecular flexibility index (Phi) is 6.87. The highest BCUT2D eigenvalue weighted by Gasteiger charge is 2.18. The van der Waals surface area contributed by atoms with Crippen LogP contribution in [0.1, 0.15) is 6.85 Å². The van der Waals surface area contributed by atoms with E-state index in [-0.39, 0.29) is 29.7 Å². The topological polar surface area (TPSA) is 51.8 Å². The second-order valence-electron chi connectivity index (χ2n) is 14.8. The second-order valence-corrected chi connectivity index (χ2v) is 15.8. The number of hydrogen-bond acceptors (Lipinski definition) is 5. The van der Waals surface area contributed by atoms with Crippen molar-refractivity contribution >= 4 is 64.2 Å². The van der Waals surface area contributed by atoms with E-state index in [1.54, 1.807) is 11.3 Å². The molecule has 0 N–H and O–H groups in total. The Morgan fingerprint density at radius 3 is 1.73 bits per heavy atom. The summed E-state index contributed by atoms with van der Waals surface area (Å²) < 4.78 is 50.7. The quantitative estimate of drug-likeness (QED) is 0.168. The average molecular weight is 789 g/mol. The molecule has 0 fully saturated rings. The van der Waals surface area contributed by atoms with E-state index >= 15 is 0 Å². The zero-order valence-electron chi connectivity index (χ0n) is 36.8. The summed E-state index contributed by atoms with van der Waals surface area (Å²) in [6, 6.07) is 55.9. The van der Waals surface area contributed by atoms with Crippen molar-refractivity contribution in [3.63, 3.8) is 0 Å². The first kappa shape index (κ1) is 29.5. The lowest BCUT2D eigenvalue weighted by Gasteiger charge is -2.13. The molecule has 0 bridgehead atoms. The standard InChI is InChI=1S/C55H33N3OS/c1-3-14-34(15-4-1)42-23-12-25-46-47-26-13-24-43(52(47)60-51(42)46)40-31-36-18-7-8-21-41(36)48(32-40)37-19-11-20-38(30-37)54-56-53(35-16-5-2-6-17-35)57-55(58-54)39-28-29-45-44-22-9-10-27-49(44)59-50(45)33-39/h1-33H/i1D,3D,4D,14D,15D. The van der Waals surface area contributed by atoms with Crippen molar-refractivity contribution in [1.29, 1.82) is 0 Å². The van der Waals surface area contributed by atoms with E-state index < -0.39 is 6.04 Å². The molecule has 0 aliphatic rings. The van der Waals surface area contributed by atoms with Crippen LogP contribution in [0.15, 0.2) is 204 Å². The van der Waals surface area contributed by atoms with E-state index in [2.05, 4.69) is 78.9 Å². The van der Waals surface area contributed by atoms with Crippen LogP contribution < -0.4 is 0 Å². The molecule has 0 unspecified atom stereocenters. The van der Waals surface area contributed by atoms with Crippen molar-refractivity contribution in [3.05, 3.63) is 200 Å². The maximum atomic E-state index is 8.77. The largest absolute Gasteiger partial charge is 0.456 e. The molecule has 9 aromatic carbocycles. The number of furan rings is 1. The van der Waals surface area contributed by atoms with Crippen LogP contribution in [0.3, 0.4) is 0 Å². The summed E-state index contributed by atoms with van der Waals surface area (Å²) in [4.78, 5) is 15.2. The normalized spacial score (nSPS) is 12.8. The van der Waals surface area contributed by atoms with Gasteiger partial charge in [-0.25, -0.2) is 15.0 Å². The number of nitrogens with zero attached hydrogens (tertiary/aromatic N) is 3. The number of thiophene rings is 1. The summed E-state index contributed by atoms with van der Waals surface area (Å²) in [5.74, 6) is 1.66. The number of fused-ring (bicyclic) bond motifs is 7. The van der Waals surface area contributed by atoms with Gasteiger partial charge in [-0.1, -0.05) is 164 Å². The van der Waals surface area contributed by atoms with E-state index in [1.165, 1.54) is 0 Å². The maximum Gasteiger partial charge on any atom is 0.164 e. The third-order valence-corrected chi connectivity index (χ3v) is 12.5. The zero-order valence-corrected chi connectivity index (χ0v) is 32.6. The van der Waals surface area contributed by atoms with Crippen LogP contribution in [-0.4, -0.2) is 15.0 Å². The molecule has 0 aliphatic heterocycles. The Bertz CT molecular complexity index is 3890. The van der Waals surface area contributed by atoms with Crippen molar-refractivity contribution in [2.75, 3.05) is 0 Å². The van der Waals surface area contributed by atoms with Crippen molar-refractivity contribution < 1.29 is 11.3 Å². The molecule has 280 valence electrons. The van der Waals surface area contributed by atoms with Gasteiger partial charge in [-0.15, -0.1) is 11.3 Å². The van der Waals surface area contributed by atoms with Crippen LogP contribution in [0.5, 0.6) is 0 Å². The monoisotopic (exact) mass is 788 g/mol. The number of hydrogen-bond donors (Lipinski definition) is 0. The number of rotatable bonds is 6. The number of para-hydroxylation sites is 1. The first-order valence-electron chi connectivity index (χ1n) is 22.2. The van der Waals surface area contributed by atoms with Gasteiger partial charge in [-0.3, -0.25) is 0 Å². The van der Waals surface area contributed by atoms with E-state index in [4.69, 9.17) is 26.2 Å². The van der Waals surface area contributed by atoms with Crippen LogP contribution >= 0.6 is 11.3 Å². The molecule has 0 spiro atoms. The summed E-state index contributed by atoms with van der Waals surface area (Å²) in [6.45, 7) is 0. The molecular weight excluding hydrogens is 751 g/mol. The second kappa shape index (κ2) is 14.0. The van der Waals surface area contributed by atoms with Crippen molar-refractivity contribution in [2.45, 2.75) is 0 Å². The molecule has 0 radical (unpaired) electrons. The smallest absolute Gasteiger partial charge is 0.164 e. The Morgan fingerprint density at radius 2 is 0.950 bits per heavy atom. The Labute approximate surface area is 356 Å². The van der Waals surface area contributed by atoms with Gasteiger partial charge in [0.05, 0.1) is 6.85 Å². The van der Waals surface area contributed by atoms with Gasteiger partial charge in [-0.05, 0) is 80.6 Å². The van der Waals surface area contributed by atoms with Crippen LogP contribution in [0.2, 0.25) is 0 Å². The highest BCUT2D eigenvalue weighted by molar-refractivity contribution is 7.26. The van der Waals surface area contributed by atoms with Crippen LogP contribution in [0.4, 0.5) is 0 Å². The first-order chi connectivity index (χ1) is 31.8. The molecule has 5 heteroatoms. The van der Waals surface area contributed by atoms with Crippen molar-refractivity contribution in [1.82, 2.24) is 15.0 Å². The van der Waals surface area contributed by atoms with Crippen LogP contribution in [0, 0.1) is 0 Å². The van der Waals surface area contributed by atoms with E-state index in [9.17, 15) is 0 Å². The van der Waals surface area contributed by atoms with Gasteiger partial charge >= 0.3 is 0 Å². The van der Waals surface area contributed by atoms with Gasteiger partial charge in [0.15, 0.2) is 17.5 Å². The van der Waals surface area contributed by atoms with E-state index in [0.717, 1.165) is 91.8 Å². The lowest BCUT2D eigenvalue weighted by atomic mass is 9.92. The fourth-order valence-electron chi connectivity index (χ4n) is 8.38. The molecule has 0 aliphatic carbocycles. The summed E-state index contributed by atoms with van der Waals surface area (Å²) in [5, 5.41) is 6.27. The lowest BCUT2D eigenvalue weighted by molar-refractivity contribution is 0.669. The summed E-state index contributed by atoms with van der Waals surface area (Å²) in [5.41, 5.74) is 9.08. The molecule has 3 aromatic heterocycles. The number of aromatic nitrogens is 3. The third kappa shape index (κ3) is 5.78. The average Bonchev–Trinajstić information content (AvgIpc) is 3.94. The predicted molar refractivity (Wildman–Crippen MR) is 250 cm³/mol. The SMILES string of the molecule is [2H]c1c([2H])c([2H])c(-c2cccc3c2sc2c(-c4cc(-c5cccc(-c6nc(-c7ccccc7)nc(-c7ccc8c(c7)oc7ccccc78)n6)c5)c5ccccc5c4)cccc23)c([2H])c1[2H]. The zero-order chi connectivity index (χ0) is 43.9. The molecule has 12 aromatic rings. The summed E-state index contributed by atoms with van der Waals surface area (Å²) in [7, 11) is 0. The highest BCUT2D eigenvalue weighted by atomic mass is 32.1. The van der Waals surface area contributed by atoms with Crippen LogP contribution in [-0.2, 0) is 0 Å². The van der Waals surface area contributed by atoms with Gasteiger partial charge in [0.2, 0.25) is 0 Å². The molecule has 0 amide bonds. The van der Waals surface area contributed by atoms with Gasteiger partial charge in [-0.2, -0.15) is 0 Å². The Hall–Kier alpha value is -7.73. The van der Waals surface area contributed by atoms with Crippen LogP contribution in [0.25, 0.3) is 120 Å². The van der Waals surface area contributed by atoms with Gasteiger partial charge < -0.3 is 4.42 Å². The fraction of sp³-hybridized carbons (Fsp3) is 0. The minimum Gasteiger partial charge on any atom is -0.456 e. The lowest BCUT2D eigenvalue weighted by Crippen LogP contribution is -2.00. The maximum absolute atomic E-state index is 8.77.